The minimum atomic E-state index is -0.923. The molecule has 0 unspecified atom stereocenters. The van der Waals surface area contributed by atoms with Gasteiger partial charge in [-0.15, -0.1) is 0 Å². The van der Waals surface area contributed by atoms with Crippen LogP contribution in [-0.4, -0.2) is 42.1 Å². The van der Waals surface area contributed by atoms with Crippen LogP contribution in [-0.2, 0) is 14.0 Å². The van der Waals surface area contributed by atoms with Crippen molar-refractivity contribution in [3.05, 3.63) is 36.4 Å². The average Bonchev–Trinajstić information content (AvgIpc) is 2.79. The fraction of sp³-hybridized carbons (Fsp3) is 0.545. The van der Waals surface area contributed by atoms with Crippen LogP contribution < -0.4 is 10.9 Å². The monoisotopic (exact) mass is 382 g/mol. The lowest BCUT2D eigenvalue weighted by molar-refractivity contribution is -0.0893. The standard InChI is InChI=1S/C22H32B2O4/c1-19(2,25)20(3,4)26-23-17-11-9-15-10-12-18(14-16(15)13-17)24-27-21(5,6)22(7,8)28-24/h9-14,23,25H,1-8H3. The van der Waals surface area contributed by atoms with E-state index in [0.717, 1.165) is 21.7 Å². The summed E-state index contributed by atoms with van der Waals surface area (Å²) in [5.41, 5.74) is -0.201. The number of rotatable bonds is 5. The molecule has 6 heteroatoms. The van der Waals surface area contributed by atoms with Crippen molar-refractivity contribution in [1.29, 1.82) is 0 Å². The van der Waals surface area contributed by atoms with E-state index in [-0.39, 0.29) is 18.3 Å². The van der Waals surface area contributed by atoms with Gasteiger partial charge in [-0.3, -0.25) is 0 Å². The van der Waals surface area contributed by atoms with E-state index < -0.39 is 11.2 Å². The van der Waals surface area contributed by atoms with Crippen molar-refractivity contribution in [2.75, 3.05) is 0 Å². The molecular weight excluding hydrogens is 350 g/mol. The molecule has 0 amide bonds. The molecule has 3 rings (SSSR count). The Labute approximate surface area is 170 Å². The fourth-order valence-electron chi connectivity index (χ4n) is 2.97. The first-order chi connectivity index (χ1) is 12.7. The van der Waals surface area contributed by atoms with Crippen LogP contribution in [0.1, 0.15) is 55.4 Å². The normalized spacial score (nSPS) is 19.2. The van der Waals surface area contributed by atoms with Gasteiger partial charge in [0.05, 0.1) is 22.4 Å². The molecule has 1 aliphatic heterocycles. The summed E-state index contributed by atoms with van der Waals surface area (Å²) < 4.78 is 18.4. The third-order valence-electron chi connectivity index (χ3n) is 6.53. The molecule has 2 aromatic carbocycles. The smallest absolute Gasteiger partial charge is 0.427 e. The largest absolute Gasteiger partial charge is 0.494 e. The van der Waals surface area contributed by atoms with Crippen LogP contribution in [0, 0.1) is 0 Å². The Hall–Kier alpha value is -1.33. The van der Waals surface area contributed by atoms with Gasteiger partial charge in [-0.25, -0.2) is 0 Å². The van der Waals surface area contributed by atoms with E-state index in [9.17, 15) is 5.11 Å². The number of hydrogen-bond acceptors (Lipinski definition) is 4. The molecule has 1 heterocycles. The zero-order valence-electron chi connectivity index (χ0n) is 18.4. The Bertz CT molecular complexity index is 852. The predicted molar refractivity (Wildman–Crippen MR) is 118 cm³/mol. The van der Waals surface area contributed by atoms with Gasteiger partial charge in [-0.1, -0.05) is 41.9 Å². The van der Waals surface area contributed by atoms with Gasteiger partial charge in [0, 0.05) is 0 Å². The van der Waals surface area contributed by atoms with Crippen LogP contribution in [0.15, 0.2) is 36.4 Å². The van der Waals surface area contributed by atoms with Crippen LogP contribution in [0.3, 0.4) is 0 Å². The summed E-state index contributed by atoms with van der Waals surface area (Å²) >= 11 is 0. The van der Waals surface area contributed by atoms with Crippen molar-refractivity contribution >= 4 is 36.3 Å². The van der Waals surface area contributed by atoms with E-state index in [2.05, 4.69) is 64.1 Å². The Morgan fingerprint density at radius 3 is 2.04 bits per heavy atom. The molecule has 4 nitrogen and oxygen atoms in total. The maximum Gasteiger partial charge on any atom is 0.494 e. The summed E-state index contributed by atoms with van der Waals surface area (Å²) in [6.07, 6.45) is 0. The molecule has 0 bridgehead atoms. The molecule has 0 aliphatic carbocycles. The molecule has 150 valence electrons. The lowest BCUT2D eigenvalue weighted by Gasteiger charge is -2.37. The summed E-state index contributed by atoms with van der Waals surface area (Å²) in [7, 11) is 0.0663. The molecule has 0 atom stereocenters. The minimum Gasteiger partial charge on any atom is -0.427 e. The Morgan fingerprint density at radius 1 is 0.893 bits per heavy atom. The number of benzene rings is 2. The van der Waals surface area contributed by atoms with E-state index in [1.807, 2.05) is 13.8 Å². The lowest BCUT2D eigenvalue weighted by atomic mass is 9.77. The molecule has 1 N–H and O–H groups in total. The van der Waals surface area contributed by atoms with Gasteiger partial charge in [0.25, 0.3) is 0 Å². The lowest BCUT2D eigenvalue weighted by Crippen LogP contribution is -2.49. The minimum absolute atomic E-state index is 0.356. The van der Waals surface area contributed by atoms with Crippen LogP contribution >= 0.6 is 0 Å². The summed E-state index contributed by atoms with van der Waals surface area (Å²) in [6, 6.07) is 12.6. The molecule has 0 aromatic heterocycles. The highest BCUT2D eigenvalue weighted by Crippen LogP contribution is 2.36. The molecular formula is C22H32B2O4. The molecule has 1 fully saturated rings. The second-order valence-electron chi connectivity index (χ2n) is 9.89. The van der Waals surface area contributed by atoms with Crippen LogP contribution in [0.25, 0.3) is 10.8 Å². The number of aliphatic hydroxyl groups is 1. The molecule has 2 aromatic rings. The van der Waals surface area contributed by atoms with Crippen LogP contribution in [0.4, 0.5) is 0 Å². The maximum atomic E-state index is 10.3. The third kappa shape index (κ3) is 4.02. The van der Waals surface area contributed by atoms with Gasteiger partial charge in [-0.05, 0) is 71.6 Å². The van der Waals surface area contributed by atoms with Crippen molar-refractivity contribution in [1.82, 2.24) is 0 Å². The van der Waals surface area contributed by atoms with Gasteiger partial charge < -0.3 is 19.1 Å². The Balaban J connectivity index is 1.83. The van der Waals surface area contributed by atoms with Crippen LogP contribution in [0.5, 0.6) is 0 Å². The molecule has 0 radical (unpaired) electrons. The van der Waals surface area contributed by atoms with E-state index >= 15 is 0 Å². The van der Waals surface area contributed by atoms with Gasteiger partial charge in [0.15, 0.2) is 0 Å². The first kappa shape index (κ1) is 21.4. The SMILES string of the molecule is CC(C)(O)C(C)(C)OBc1ccc2ccc(B3OC(C)(C)C(C)(C)O3)cc2c1. The first-order valence-electron chi connectivity index (χ1n) is 9.96. The molecule has 1 aliphatic rings. The van der Waals surface area contributed by atoms with E-state index in [1.54, 1.807) is 13.8 Å². The van der Waals surface area contributed by atoms with Gasteiger partial charge in [-0.2, -0.15) is 0 Å². The summed E-state index contributed by atoms with van der Waals surface area (Å²) in [4.78, 5) is 0. The van der Waals surface area contributed by atoms with Crippen molar-refractivity contribution in [2.24, 2.45) is 0 Å². The quantitative estimate of drug-likeness (QED) is 0.809. The van der Waals surface area contributed by atoms with E-state index in [4.69, 9.17) is 14.0 Å². The van der Waals surface area contributed by atoms with Crippen LogP contribution in [0.2, 0.25) is 0 Å². The van der Waals surface area contributed by atoms with Gasteiger partial charge in [0.1, 0.15) is 0 Å². The Kier molecular flexibility index (Phi) is 5.25. The third-order valence-corrected chi connectivity index (χ3v) is 6.53. The highest BCUT2D eigenvalue weighted by molar-refractivity contribution is 6.62. The van der Waals surface area contributed by atoms with Crippen molar-refractivity contribution < 1.29 is 19.1 Å². The fourth-order valence-corrected chi connectivity index (χ4v) is 2.97. The second-order valence-corrected chi connectivity index (χ2v) is 9.89. The van der Waals surface area contributed by atoms with E-state index in [0.29, 0.717) is 7.48 Å². The number of fused-ring (bicyclic) bond motifs is 1. The Morgan fingerprint density at radius 2 is 1.46 bits per heavy atom. The highest BCUT2D eigenvalue weighted by atomic mass is 16.7. The average molecular weight is 382 g/mol. The first-order valence-corrected chi connectivity index (χ1v) is 9.96. The predicted octanol–water partition coefficient (Wildman–Crippen LogP) is 2.68. The molecule has 0 spiro atoms. The van der Waals surface area contributed by atoms with Crippen molar-refractivity contribution in [2.45, 2.75) is 77.8 Å². The summed E-state index contributed by atoms with van der Waals surface area (Å²) in [5.74, 6) is 0. The zero-order valence-corrected chi connectivity index (χ0v) is 18.4. The van der Waals surface area contributed by atoms with Crippen molar-refractivity contribution in [3.8, 4) is 0 Å². The van der Waals surface area contributed by atoms with Crippen molar-refractivity contribution in [3.63, 3.8) is 0 Å². The summed E-state index contributed by atoms with van der Waals surface area (Å²) in [6.45, 7) is 15.6. The van der Waals surface area contributed by atoms with Gasteiger partial charge in [0.2, 0.25) is 0 Å². The van der Waals surface area contributed by atoms with E-state index in [1.165, 1.54) is 0 Å². The molecule has 1 saturated heterocycles. The zero-order chi connectivity index (χ0) is 21.0. The topological polar surface area (TPSA) is 47.9 Å². The second kappa shape index (κ2) is 6.87. The molecule has 0 saturated carbocycles. The summed E-state index contributed by atoms with van der Waals surface area (Å²) in [5, 5.41) is 12.6. The number of hydrogen-bond donors (Lipinski definition) is 1. The van der Waals surface area contributed by atoms with Gasteiger partial charge >= 0.3 is 14.6 Å². The highest BCUT2D eigenvalue weighted by Gasteiger charge is 2.51. The molecule has 28 heavy (non-hydrogen) atoms. The maximum absolute atomic E-state index is 10.3.